The molecule has 196 valence electrons. The highest BCUT2D eigenvalue weighted by atomic mass is 35.5. The van der Waals surface area contributed by atoms with Crippen LogP contribution in [0.1, 0.15) is 46.9 Å². The van der Waals surface area contributed by atoms with Gasteiger partial charge in [0.25, 0.3) is 0 Å². The lowest BCUT2D eigenvalue weighted by Gasteiger charge is -2.38. The number of hydrogen-bond donors (Lipinski definition) is 1. The van der Waals surface area contributed by atoms with Crippen molar-refractivity contribution in [3.63, 3.8) is 0 Å². The summed E-state index contributed by atoms with van der Waals surface area (Å²) >= 11 is 14.3. The predicted octanol–water partition coefficient (Wildman–Crippen LogP) is 7.01. The molecular weight excluding hydrogens is 552 g/mol. The van der Waals surface area contributed by atoms with E-state index in [4.69, 9.17) is 32.5 Å². The number of anilines is 1. The third-order valence-corrected chi connectivity index (χ3v) is 9.56. The van der Waals surface area contributed by atoms with E-state index in [2.05, 4.69) is 15.0 Å². The standard InChI is InChI=1S/C27H22Cl2FN3O4S/c28-17-2-1-3-18(29)22(17)23-16(25(37-32-23)12-4-5-12)11-36-20-7-14-9-33(10-15(14)20)27-31-24-19(30)6-13(26(34)35)8-21(24)38-27/h1-3,6,8,12,14-15,20H,4-5,7,9-11H2,(H,34,35)/t14-,15?,20?/m0/s1. The average molecular weight is 574 g/mol. The van der Waals surface area contributed by atoms with Crippen molar-refractivity contribution in [1.82, 2.24) is 10.1 Å². The van der Waals surface area contributed by atoms with Gasteiger partial charge in [-0.05, 0) is 49.4 Å². The molecule has 2 aromatic carbocycles. The summed E-state index contributed by atoms with van der Waals surface area (Å²) in [6, 6.07) is 7.89. The summed E-state index contributed by atoms with van der Waals surface area (Å²) in [7, 11) is 0. The molecule has 0 spiro atoms. The van der Waals surface area contributed by atoms with E-state index >= 15 is 0 Å². The van der Waals surface area contributed by atoms with Crippen molar-refractivity contribution in [3.05, 3.63) is 63.1 Å². The first-order valence-electron chi connectivity index (χ1n) is 12.5. The topological polar surface area (TPSA) is 88.7 Å². The smallest absolute Gasteiger partial charge is 0.335 e. The van der Waals surface area contributed by atoms with E-state index in [1.165, 1.54) is 17.4 Å². The van der Waals surface area contributed by atoms with E-state index in [0.29, 0.717) is 55.5 Å². The zero-order chi connectivity index (χ0) is 26.1. The monoisotopic (exact) mass is 573 g/mol. The number of thiazole rings is 1. The van der Waals surface area contributed by atoms with Crippen LogP contribution in [0.2, 0.25) is 10.0 Å². The molecule has 0 amide bonds. The van der Waals surface area contributed by atoms with Crippen LogP contribution in [0, 0.1) is 17.7 Å². The lowest BCUT2D eigenvalue weighted by molar-refractivity contribution is -0.0747. The molecule has 11 heteroatoms. The Morgan fingerprint density at radius 1 is 1.24 bits per heavy atom. The van der Waals surface area contributed by atoms with Crippen LogP contribution in [0.15, 0.2) is 34.9 Å². The van der Waals surface area contributed by atoms with Gasteiger partial charge in [-0.1, -0.05) is 45.8 Å². The second kappa shape index (κ2) is 9.19. The molecule has 2 unspecified atom stereocenters. The summed E-state index contributed by atoms with van der Waals surface area (Å²) < 4.78 is 27.2. The minimum absolute atomic E-state index is 0.0723. The van der Waals surface area contributed by atoms with Gasteiger partial charge in [0.05, 0.1) is 33.0 Å². The second-order valence-corrected chi connectivity index (χ2v) is 12.1. The molecule has 4 aromatic rings. The number of ether oxygens (including phenoxy) is 1. The summed E-state index contributed by atoms with van der Waals surface area (Å²) in [6.07, 6.45) is 3.14. The van der Waals surface area contributed by atoms with E-state index in [0.717, 1.165) is 49.7 Å². The fraction of sp³-hybridized carbons (Fsp3) is 0.370. The first kappa shape index (κ1) is 24.3. The number of nitrogens with zero attached hydrogens (tertiary/aromatic N) is 3. The van der Waals surface area contributed by atoms with Gasteiger partial charge < -0.3 is 19.3 Å². The van der Waals surface area contributed by atoms with Crippen LogP contribution in [0.3, 0.4) is 0 Å². The largest absolute Gasteiger partial charge is 0.478 e. The first-order valence-corrected chi connectivity index (χ1v) is 14.1. The van der Waals surface area contributed by atoms with Crippen molar-refractivity contribution in [3.8, 4) is 11.3 Å². The number of benzene rings is 2. The van der Waals surface area contributed by atoms with Crippen LogP contribution < -0.4 is 4.90 Å². The van der Waals surface area contributed by atoms with Crippen molar-refractivity contribution in [1.29, 1.82) is 0 Å². The SMILES string of the molecule is O=C(O)c1cc(F)c2nc(N3CC4C(OCc5c(-c6c(Cl)cccc6Cl)noc5C5CC5)C[C@H]4C3)sc2c1. The Labute approximate surface area is 231 Å². The van der Waals surface area contributed by atoms with Crippen LogP contribution in [0.25, 0.3) is 21.5 Å². The molecular formula is C27H22Cl2FN3O4S. The molecule has 7 nitrogen and oxygen atoms in total. The highest BCUT2D eigenvalue weighted by molar-refractivity contribution is 7.22. The van der Waals surface area contributed by atoms with Crippen LogP contribution >= 0.6 is 34.5 Å². The van der Waals surface area contributed by atoms with Crippen LogP contribution in [0.4, 0.5) is 9.52 Å². The number of aromatic carboxylic acids is 1. The Morgan fingerprint density at radius 3 is 2.76 bits per heavy atom. The van der Waals surface area contributed by atoms with Gasteiger partial charge in [-0.25, -0.2) is 14.2 Å². The van der Waals surface area contributed by atoms with Crippen LogP contribution in [-0.4, -0.2) is 40.4 Å². The molecule has 1 saturated heterocycles. The molecule has 2 aliphatic carbocycles. The first-order chi connectivity index (χ1) is 18.4. The summed E-state index contributed by atoms with van der Waals surface area (Å²) in [5.41, 5.74) is 2.36. The van der Waals surface area contributed by atoms with Gasteiger partial charge in [0.1, 0.15) is 17.0 Å². The molecule has 0 bridgehead atoms. The molecule has 3 atom stereocenters. The van der Waals surface area contributed by atoms with Gasteiger partial charge in [0, 0.05) is 36.1 Å². The molecule has 2 aromatic heterocycles. The third kappa shape index (κ3) is 4.07. The van der Waals surface area contributed by atoms with E-state index in [-0.39, 0.29) is 17.2 Å². The van der Waals surface area contributed by atoms with Crippen molar-refractivity contribution in [2.75, 3.05) is 18.0 Å². The highest BCUT2D eigenvalue weighted by Crippen LogP contribution is 2.48. The van der Waals surface area contributed by atoms with Gasteiger partial charge in [0.2, 0.25) is 0 Å². The van der Waals surface area contributed by atoms with Crippen molar-refractivity contribution >= 4 is 55.9 Å². The Balaban J connectivity index is 1.08. The zero-order valence-electron chi connectivity index (χ0n) is 20.0. The van der Waals surface area contributed by atoms with Gasteiger partial charge >= 0.3 is 5.97 Å². The maximum absolute atomic E-state index is 14.5. The number of carboxylic acids is 1. The summed E-state index contributed by atoms with van der Waals surface area (Å²) in [4.78, 5) is 18.0. The minimum atomic E-state index is -1.16. The van der Waals surface area contributed by atoms with Gasteiger partial charge in [0.15, 0.2) is 10.9 Å². The van der Waals surface area contributed by atoms with E-state index in [9.17, 15) is 14.3 Å². The highest BCUT2D eigenvalue weighted by Gasteiger charge is 2.48. The summed E-state index contributed by atoms with van der Waals surface area (Å²) in [5.74, 6) is 0.246. The Morgan fingerprint density at radius 2 is 2.03 bits per heavy atom. The number of aromatic nitrogens is 2. The Hall–Kier alpha value is -2.72. The summed E-state index contributed by atoms with van der Waals surface area (Å²) in [5, 5.41) is 15.3. The molecule has 1 N–H and O–H groups in total. The van der Waals surface area contributed by atoms with E-state index in [1.54, 1.807) is 18.2 Å². The van der Waals surface area contributed by atoms with E-state index in [1.807, 2.05) is 0 Å². The van der Waals surface area contributed by atoms with Gasteiger partial charge in [-0.3, -0.25) is 0 Å². The average Bonchev–Trinajstić information content (AvgIpc) is 3.33. The number of carboxylic acid groups (broad SMARTS) is 1. The van der Waals surface area contributed by atoms with Gasteiger partial charge in [-0.15, -0.1) is 0 Å². The number of hydrogen-bond acceptors (Lipinski definition) is 7. The van der Waals surface area contributed by atoms with Crippen molar-refractivity contribution in [2.24, 2.45) is 11.8 Å². The van der Waals surface area contributed by atoms with Crippen molar-refractivity contribution in [2.45, 2.75) is 37.9 Å². The van der Waals surface area contributed by atoms with Crippen LogP contribution in [-0.2, 0) is 11.3 Å². The molecule has 1 aliphatic heterocycles. The molecule has 3 aliphatic rings. The quantitative estimate of drug-likeness (QED) is 0.254. The van der Waals surface area contributed by atoms with Crippen molar-refractivity contribution < 1.29 is 23.6 Å². The maximum atomic E-state index is 14.5. The van der Waals surface area contributed by atoms with Crippen LogP contribution in [0.5, 0.6) is 0 Å². The predicted molar refractivity (Wildman–Crippen MR) is 143 cm³/mol. The second-order valence-electron chi connectivity index (χ2n) is 10.3. The lowest BCUT2D eigenvalue weighted by atomic mass is 9.73. The van der Waals surface area contributed by atoms with Gasteiger partial charge in [-0.2, -0.15) is 0 Å². The maximum Gasteiger partial charge on any atom is 0.335 e. The molecule has 3 fully saturated rings. The number of halogens is 3. The molecule has 7 rings (SSSR count). The Bertz CT molecular complexity index is 1570. The fourth-order valence-corrected chi connectivity index (χ4v) is 7.28. The molecule has 0 radical (unpaired) electrons. The Kier molecular flexibility index (Phi) is 5.88. The number of carbonyl (C=O) groups is 1. The lowest BCUT2D eigenvalue weighted by Crippen LogP contribution is -2.42. The molecule has 2 saturated carbocycles. The summed E-state index contributed by atoms with van der Waals surface area (Å²) in [6.45, 7) is 1.94. The number of rotatable bonds is 7. The third-order valence-electron chi connectivity index (χ3n) is 7.87. The molecule has 38 heavy (non-hydrogen) atoms. The minimum Gasteiger partial charge on any atom is -0.478 e. The fourth-order valence-electron chi connectivity index (χ4n) is 5.67. The zero-order valence-corrected chi connectivity index (χ0v) is 22.3. The normalized spacial score (nSPS) is 22.6. The number of fused-ring (bicyclic) bond motifs is 2. The van der Waals surface area contributed by atoms with E-state index < -0.39 is 11.8 Å². The molecule has 3 heterocycles.